The second kappa shape index (κ2) is 8.47. The molecule has 0 aliphatic rings. The lowest BCUT2D eigenvalue weighted by Gasteiger charge is -2.16. The standard InChI is InChI=1S/C11H22N4O2S/c1-4-16-10(17-5-2)8-18-11-14-13-9(3)15(11)7-6-12/h10H,4-8,12H2,1-3H3. The van der Waals surface area contributed by atoms with Crippen LogP contribution in [0.1, 0.15) is 19.7 Å². The highest BCUT2D eigenvalue weighted by Gasteiger charge is 2.13. The molecule has 1 aromatic rings. The van der Waals surface area contributed by atoms with Crippen molar-refractivity contribution in [1.29, 1.82) is 0 Å². The zero-order valence-corrected chi connectivity index (χ0v) is 12.1. The molecular weight excluding hydrogens is 252 g/mol. The number of aryl methyl sites for hydroxylation is 1. The van der Waals surface area contributed by atoms with Crippen molar-refractivity contribution >= 4 is 11.8 Å². The molecule has 0 atom stereocenters. The van der Waals surface area contributed by atoms with Crippen molar-refractivity contribution in [1.82, 2.24) is 14.8 Å². The molecule has 104 valence electrons. The van der Waals surface area contributed by atoms with Crippen molar-refractivity contribution in [2.24, 2.45) is 5.73 Å². The van der Waals surface area contributed by atoms with Gasteiger partial charge < -0.3 is 19.8 Å². The Morgan fingerprint density at radius 3 is 2.50 bits per heavy atom. The Hall–Kier alpha value is -0.630. The molecule has 1 heterocycles. The Labute approximate surface area is 112 Å². The van der Waals surface area contributed by atoms with Crippen LogP contribution in [0.2, 0.25) is 0 Å². The second-order valence-electron chi connectivity index (χ2n) is 3.62. The van der Waals surface area contributed by atoms with E-state index in [-0.39, 0.29) is 6.29 Å². The molecule has 0 amide bonds. The summed E-state index contributed by atoms with van der Waals surface area (Å²) < 4.78 is 13.0. The van der Waals surface area contributed by atoms with E-state index in [0.29, 0.717) is 25.5 Å². The normalized spacial score (nSPS) is 11.4. The maximum Gasteiger partial charge on any atom is 0.191 e. The minimum atomic E-state index is -0.201. The summed E-state index contributed by atoms with van der Waals surface area (Å²) in [5.41, 5.74) is 5.57. The van der Waals surface area contributed by atoms with Crippen molar-refractivity contribution in [2.75, 3.05) is 25.5 Å². The lowest BCUT2D eigenvalue weighted by Crippen LogP contribution is -2.20. The number of ether oxygens (including phenoxy) is 2. The van der Waals surface area contributed by atoms with Gasteiger partial charge in [-0.25, -0.2) is 0 Å². The van der Waals surface area contributed by atoms with Crippen LogP contribution in [0.4, 0.5) is 0 Å². The van der Waals surface area contributed by atoms with E-state index in [2.05, 4.69) is 10.2 Å². The van der Waals surface area contributed by atoms with E-state index in [4.69, 9.17) is 15.2 Å². The molecule has 0 fully saturated rings. The molecule has 2 N–H and O–H groups in total. The maximum atomic E-state index is 5.57. The molecule has 0 aliphatic heterocycles. The molecule has 0 saturated carbocycles. The summed E-state index contributed by atoms with van der Waals surface area (Å²) in [6.45, 7) is 8.42. The summed E-state index contributed by atoms with van der Waals surface area (Å²) in [6.07, 6.45) is -0.201. The van der Waals surface area contributed by atoms with Crippen LogP contribution in [0.3, 0.4) is 0 Å². The maximum absolute atomic E-state index is 5.57. The van der Waals surface area contributed by atoms with Crippen molar-refractivity contribution in [3.05, 3.63) is 5.82 Å². The predicted molar refractivity (Wildman–Crippen MR) is 71.6 cm³/mol. The molecular formula is C11H22N4O2S. The van der Waals surface area contributed by atoms with Crippen LogP contribution < -0.4 is 5.73 Å². The quantitative estimate of drug-likeness (QED) is 0.535. The van der Waals surface area contributed by atoms with E-state index in [9.17, 15) is 0 Å². The third-order valence-electron chi connectivity index (χ3n) is 2.31. The van der Waals surface area contributed by atoms with Gasteiger partial charge in [0.15, 0.2) is 11.4 Å². The Morgan fingerprint density at radius 2 is 1.94 bits per heavy atom. The highest BCUT2D eigenvalue weighted by atomic mass is 32.2. The molecule has 1 aromatic heterocycles. The topological polar surface area (TPSA) is 75.2 Å². The monoisotopic (exact) mass is 274 g/mol. The summed E-state index contributed by atoms with van der Waals surface area (Å²) in [4.78, 5) is 0. The molecule has 0 radical (unpaired) electrons. The molecule has 6 nitrogen and oxygen atoms in total. The number of nitrogens with zero attached hydrogens (tertiary/aromatic N) is 3. The van der Waals surface area contributed by atoms with Gasteiger partial charge in [0, 0.05) is 26.3 Å². The minimum Gasteiger partial charge on any atom is -0.352 e. The van der Waals surface area contributed by atoms with E-state index < -0.39 is 0 Å². The number of thioether (sulfide) groups is 1. The molecule has 0 aliphatic carbocycles. The highest BCUT2D eigenvalue weighted by molar-refractivity contribution is 7.99. The zero-order valence-electron chi connectivity index (χ0n) is 11.3. The summed E-state index contributed by atoms with van der Waals surface area (Å²) >= 11 is 1.58. The summed E-state index contributed by atoms with van der Waals surface area (Å²) in [6, 6.07) is 0. The lowest BCUT2D eigenvalue weighted by molar-refractivity contribution is -0.120. The van der Waals surface area contributed by atoms with Crippen LogP contribution in [0.15, 0.2) is 5.16 Å². The fraction of sp³-hybridized carbons (Fsp3) is 0.818. The molecule has 0 aromatic carbocycles. The van der Waals surface area contributed by atoms with E-state index >= 15 is 0 Å². The van der Waals surface area contributed by atoms with E-state index in [1.807, 2.05) is 25.3 Å². The van der Waals surface area contributed by atoms with Crippen molar-refractivity contribution in [3.63, 3.8) is 0 Å². The molecule has 0 bridgehead atoms. The van der Waals surface area contributed by atoms with Gasteiger partial charge in [0.05, 0.1) is 5.75 Å². The highest BCUT2D eigenvalue weighted by Crippen LogP contribution is 2.19. The fourth-order valence-electron chi connectivity index (χ4n) is 1.51. The van der Waals surface area contributed by atoms with Gasteiger partial charge in [-0.05, 0) is 20.8 Å². The van der Waals surface area contributed by atoms with Crippen LogP contribution in [0, 0.1) is 6.92 Å². The van der Waals surface area contributed by atoms with Gasteiger partial charge in [-0.1, -0.05) is 11.8 Å². The van der Waals surface area contributed by atoms with Gasteiger partial charge in [-0.2, -0.15) is 0 Å². The second-order valence-corrected chi connectivity index (χ2v) is 4.61. The largest absolute Gasteiger partial charge is 0.352 e. The van der Waals surface area contributed by atoms with Gasteiger partial charge in [-0.15, -0.1) is 10.2 Å². The number of hydrogen-bond acceptors (Lipinski definition) is 6. The average Bonchev–Trinajstić information content (AvgIpc) is 2.69. The third-order valence-corrected chi connectivity index (χ3v) is 3.31. The number of nitrogens with two attached hydrogens (primary N) is 1. The first-order chi connectivity index (χ1) is 8.72. The first-order valence-corrected chi connectivity index (χ1v) is 7.17. The first-order valence-electron chi connectivity index (χ1n) is 6.18. The zero-order chi connectivity index (χ0) is 13.4. The fourth-order valence-corrected chi connectivity index (χ4v) is 2.47. The first kappa shape index (κ1) is 15.4. The number of hydrogen-bond donors (Lipinski definition) is 1. The molecule has 7 heteroatoms. The van der Waals surface area contributed by atoms with Crippen LogP contribution >= 0.6 is 11.8 Å². The van der Waals surface area contributed by atoms with Crippen molar-refractivity contribution < 1.29 is 9.47 Å². The molecule has 0 spiro atoms. The average molecular weight is 274 g/mol. The number of aromatic nitrogens is 3. The smallest absolute Gasteiger partial charge is 0.191 e. The Kier molecular flexibility index (Phi) is 7.26. The van der Waals surface area contributed by atoms with Gasteiger partial charge in [0.2, 0.25) is 0 Å². The van der Waals surface area contributed by atoms with Crippen LogP contribution in [-0.4, -0.2) is 46.6 Å². The van der Waals surface area contributed by atoms with Crippen molar-refractivity contribution in [3.8, 4) is 0 Å². The Bertz CT molecular complexity index is 340. The summed E-state index contributed by atoms with van der Waals surface area (Å²) in [5.74, 6) is 1.58. The van der Waals surface area contributed by atoms with Gasteiger partial charge in [0.25, 0.3) is 0 Å². The molecule has 1 rings (SSSR count). The minimum absolute atomic E-state index is 0.201. The lowest BCUT2D eigenvalue weighted by atomic mass is 10.6. The van der Waals surface area contributed by atoms with Crippen LogP contribution in [-0.2, 0) is 16.0 Å². The van der Waals surface area contributed by atoms with E-state index in [1.54, 1.807) is 11.8 Å². The van der Waals surface area contributed by atoms with E-state index in [0.717, 1.165) is 17.5 Å². The SMILES string of the molecule is CCOC(CSc1nnc(C)n1CCN)OCC. The molecule has 18 heavy (non-hydrogen) atoms. The number of rotatable bonds is 9. The Balaban J connectivity index is 2.55. The van der Waals surface area contributed by atoms with Gasteiger partial charge in [0.1, 0.15) is 5.82 Å². The summed E-state index contributed by atoms with van der Waals surface area (Å²) in [5, 5.41) is 9.06. The van der Waals surface area contributed by atoms with Gasteiger partial charge in [-0.3, -0.25) is 0 Å². The van der Waals surface area contributed by atoms with Crippen molar-refractivity contribution in [2.45, 2.75) is 38.8 Å². The third kappa shape index (κ3) is 4.56. The van der Waals surface area contributed by atoms with Crippen LogP contribution in [0.5, 0.6) is 0 Å². The van der Waals surface area contributed by atoms with E-state index in [1.165, 1.54) is 0 Å². The summed E-state index contributed by atoms with van der Waals surface area (Å²) in [7, 11) is 0. The molecule has 0 saturated heterocycles. The predicted octanol–water partition coefficient (Wildman–Crippen LogP) is 1.04. The van der Waals surface area contributed by atoms with Crippen LogP contribution in [0.25, 0.3) is 0 Å². The van der Waals surface area contributed by atoms with Gasteiger partial charge >= 0.3 is 0 Å². The Morgan fingerprint density at radius 1 is 1.28 bits per heavy atom. The molecule has 0 unspecified atom stereocenters.